The van der Waals surface area contributed by atoms with Crippen molar-refractivity contribution in [3.63, 3.8) is 0 Å². The summed E-state index contributed by atoms with van der Waals surface area (Å²) in [4.78, 5) is 14.2. The Kier molecular flexibility index (Phi) is 5.29. The number of carbonyl (C=O) groups excluding carboxylic acids is 1. The number of alkyl halides is 1. The SMILES string of the molecule is O=C(CCC1CCCCO1)N(CCBr)C1CC1. The number of hydrogen-bond donors (Lipinski definition) is 0. The van der Waals surface area contributed by atoms with Crippen LogP contribution in [0, 0.1) is 0 Å². The molecule has 0 N–H and O–H groups in total. The largest absolute Gasteiger partial charge is 0.378 e. The number of hydrogen-bond acceptors (Lipinski definition) is 2. The molecule has 0 spiro atoms. The van der Waals surface area contributed by atoms with Crippen LogP contribution in [0.4, 0.5) is 0 Å². The second-order valence-electron chi connectivity index (χ2n) is 5.03. The van der Waals surface area contributed by atoms with Crippen LogP contribution in [0.1, 0.15) is 44.9 Å². The summed E-state index contributed by atoms with van der Waals surface area (Å²) in [6.07, 6.45) is 7.86. The highest BCUT2D eigenvalue weighted by Crippen LogP contribution is 2.28. The van der Waals surface area contributed by atoms with E-state index in [4.69, 9.17) is 4.74 Å². The smallest absolute Gasteiger partial charge is 0.222 e. The van der Waals surface area contributed by atoms with E-state index < -0.39 is 0 Å². The van der Waals surface area contributed by atoms with Gasteiger partial charge in [-0.3, -0.25) is 4.79 Å². The van der Waals surface area contributed by atoms with E-state index in [0.29, 0.717) is 24.5 Å². The first-order chi connectivity index (χ1) is 8.31. The van der Waals surface area contributed by atoms with Gasteiger partial charge in [0.1, 0.15) is 0 Å². The zero-order valence-corrected chi connectivity index (χ0v) is 12.0. The Hall–Kier alpha value is -0.0900. The quantitative estimate of drug-likeness (QED) is 0.706. The number of amides is 1. The Bertz CT molecular complexity index is 250. The van der Waals surface area contributed by atoms with Gasteiger partial charge < -0.3 is 9.64 Å². The average molecular weight is 304 g/mol. The standard InChI is InChI=1S/C13H22BrNO2/c14-8-9-15(11-4-5-11)13(16)7-6-12-3-1-2-10-17-12/h11-12H,1-10H2. The molecule has 1 saturated carbocycles. The molecular formula is C13H22BrNO2. The van der Waals surface area contributed by atoms with Crippen molar-refractivity contribution in [3.8, 4) is 0 Å². The molecule has 0 aromatic rings. The van der Waals surface area contributed by atoms with Gasteiger partial charge in [0, 0.05) is 30.9 Å². The van der Waals surface area contributed by atoms with Gasteiger partial charge in [0.15, 0.2) is 0 Å². The first kappa shape index (κ1) is 13.3. The summed E-state index contributed by atoms with van der Waals surface area (Å²) < 4.78 is 5.66. The molecule has 1 saturated heterocycles. The fourth-order valence-corrected chi connectivity index (χ4v) is 2.83. The topological polar surface area (TPSA) is 29.5 Å². The van der Waals surface area contributed by atoms with Crippen LogP contribution in [0.5, 0.6) is 0 Å². The number of rotatable bonds is 6. The summed E-state index contributed by atoms with van der Waals surface area (Å²) in [5, 5.41) is 0.884. The van der Waals surface area contributed by atoms with E-state index in [2.05, 4.69) is 20.8 Å². The molecule has 4 heteroatoms. The van der Waals surface area contributed by atoms with Crippen molar-refractivity contribution in [1.82, 2.24) is 4.90 Å². The molecule has 1 aliphatic heterocycles. The summed E-state index contributed by atoms with van der Waals surface area (Å²) >= 11 is 3.42. The van der Waals surface area contributed by atoms with Gasteiger partial charge in [0.25, 0.3) is 0 Å². The average Bonchev–Trinajstić information content (AvgIpc) is 3.18. The van der Waals surface area contributed by atoms with Crippen LogP contribution < -0.4 is 0 Å². The van der Waals surface area contributed by atoms with Crippen LogP contribution >= 0.6 is 15.9 Å². The van der Waals surface area contributed by atoms with Gasteiger partial charge in [0.05, 0.1) is 6.10 Å². The summed E-state index contributed by atoms with van der Waals surface area (Å²) in [6, 6.07) is 0.535. The monoisotopic (exact) mass is 303 g/mol. The second kappa shape index (κ2) is 6.74. The Labute approximate surface area is 112 Å². The molecule has 3 nitrogen and oxygen atoms in total. The number of halogens is 1. The molecular weight excluding hydrogens is 282 g/mol. The van der Waals surface area contributed by atoms with E-state index in [1.165, 1.54) is 25.7 Å². The van der Waals surface area contributed by atoms with Crippen molar-refractivity contribution in [2.75, 3.05) is 18.5 Å². The molecule has 2 aliphatic rings. The summed E-state index contributed by atoms with van der Waals surface area (Å²) in [5.74, 6) is 0.320. The highest BCUT2D eigenvalue weighted by Gasteiger charge is 2.31. The molecule has 0 radical (unpaired) electrons. The molecule has 1 atom stereocenters. The van der Waals surface area contributed by atoms with Gasteiger partial charge >= 0.3 is 0 Å². The minimum Gasteiger partial charge on any atom is -0.378 e. The van der Waals surface area contributed by atoms with Crippen molar-refractivity contribution in [2.24, 2.45) is 0 Å². The third-order valence-corrected chi connectivity index (χ3v) is 3.94. The predicted octanol–water partition coefficient (Wildman–Crippen LogP) is 2.72. The molecule has 0 aromatic heterocycles. The van der Waals surface area contributed by atoms with Crippen LogP contribution in [0.2, 0.25) is 0 Å². The lowest BCUT2D eigenvalue weighted by Crippen LogP contribution is -2.35. The molecule has 2 fully saturated rings. The maximum atomic E-state index is 12.1. The van der Waals surface area contributed by atoms with Gasteiger partial charge in [-0.25, -0.2) is 0 Å². The lowest BCUT2D eigenvalue weighted by atomic mass is 10.0. The van der Waals surface area contributed by atoms with Gasteiger partial charge in [0.2, 0.25) is 5.91 Å². The third kappa shape index (κ3) is 4.25. The summed E-state index contributed by atoms with van der Waals surface area (Å²) in [6.45, 7) is 1.74. The molecule has 0 aromatic carbocycles. The number of carbonyl (C=O) groups is 1. The Morgan fingerprint density at radius 2 is 2.12 bits per heavy atom. The number of nitrogens with zero attached hydrogens (tertiary/aromatic N) is 1. The molecule has 2 rings (SSSR count). The molecule has 1 unspecified atom stereocenters. The van der Waals surface area contributed by atoms with Crippen molar-refractivity contribution in [2.45, 2.75) is 57.1 Å². The first-order valence-corrected chi connectivity index (χ1v) is 7.90. The fourth-order valence-electron chi connectivity index (χ4n) is 2.45. The van der Waals surface area contributed by atoms with Crippen LogP contribution in [-0.4, -0.2) is 41.4 Å². The lowest BCUT2D eigenvalue weighted by molar-refractivity contribution is -0.132. The van der Waals surface area contributed by atoms with E-state index in [0.717, 1.165) is 31.3 Å². The van der Waals surface area contributed by atoms with Crippen LogP contribution in [0.15, 0.2) is 0 Å². The normalized spacial score (nSPS) is 24.6. The molecule has 98 valence electrons. The molecule has 1 amide bonds. The highest BCUT2D eigenvalue weighted by molar-refractivity contribution is 9.09. The maximum absolute atomic E-state index is 12.1. The van der Waals surface area contributed by atoms with Crippen molar-refractivity contribution in [1.29, 1.82) is 0 Å². The Morgan fingerprint density at radius 3 is 2.71 bits per heavy atom. The van der Waals surface area contributed by atoms with Gasteiger partial charge in [-0.1, -0.05) is 15.9 Å². The predicted molar refractivity (Wildman–Crippen MR) is 71.4 cm³/mol. The van der Waals surface area contributed by atoms with Crippen molar-refractivity contribution >= 4 is 21.8 Å². The van der Waals surface area contributed by atoms with Crippen LogP contribution in [-0.2, 0) is 9.53 Å². The Balaban J connectivity index is 1.70. The van der Waals surface area contributed by atoms with E-state index in [-0.39, 0.29) is 0 Å². The fraction of sp³-hybridized carbons (Fsp3) is 0.923. The van der Waals surface area contributed by atoms with Gasteiger partial charge in [-0.05, 0) is 38.5 Å². The van der Waals surface area contributed by atoms with Gasteiger partial charge in [-0.2, -0.15) is 0 Å². The Morgan fingerprint density at radius 1 is 1.29 bits per heavy atom. The zero-order chi connectivity index (χ0) is 12.1. The van der Waals surface area contributed by atoms with Crippen molar-refractivity contribution < 1.29 is 9.53 Å². The van der Waals surface area contributed by atoms with Gasteiger partial charge in [-0.15, -0.1) is 0 Å². The zero-order valence-electron chi connectivity index (χ0n) is 10.4. The lowest BCUT2D eigenvalue weighted by Gasteiger charge is -2.25. The molecule has 1 aliphatic carbocycles. The van der Waals surface area contributed by atoms with Crippen LogP contribution in [0.3, 0.4) is 0 Å². The van der Waals surface area contributed by atoms with Crippen LogP contribution in [0.25, 0.3) is 0 Å². The highest BCUT2D eigenvalue weighted by atomic mass is 79.9. The third-order valence-electron chi connectivity index (χ3n) is 3.59. The molecule has 0 bridgehead atoms. The minimum absolute atomic E-state index is 0.320. The second-order valence-corrected chi connectivity index (χ2v) is 5.83. The summed E-state index contributed by atoms with van der Waals surface area (Å²) in [7, 11) is 0. The van der Waals surface area contributed by atoms with Crippen molar-refractivity contribution in [3.05, 3.63) is 0 Å². The molecule has 1 heterocycles. The van der Waals surface area contributed by atoms with E-state index >= 15 is 0 Å². The molecule has 17 heavy (non-hydrogen) atoms. The van der Waals surface area contributed by atoms with E-state index in [1.807, 2.05) is 0 Å². The van der Waals surface area contributed by atoms with E-state index in [1.54, 1.807) is 0 Å². The maximum Gasteiger partial charge on any atom is 0.222 e. The minimum atomic E-state index is 0.320. The first-order valence-electron chi connectivity index (χ1n) is 6.78. The number of ether oxygens (including phenoxy) is 1. The summed E-state index contributed by atoms with van der Waals surface area (Å²) in [5.41, 5.74) is 0. The van der Waals surface area contributed by atoms with E-state index in [9.17, 15) is 4.79 Å².